The van der Waals surface area contributed by atoms with Crippen molar-refractivity contribution in [3.05, 3.63) is 59.9 Å². The molecule has 0 radical (unpaired) electrons. The number of amides is 2. The maximum absolute atomic E-state index is 12.4. The standard InChI is InChI=1S/C18H21N3OS/c22-18(21-11-13-23-14-12-21)20-17-7-2-1-5-15(17)8-9-16-6-3-4-10-19-16/h1-7,10H,8-9,11-14H2,(H,20,22). The second kappa shape index (κ2) is 8.02. The highest BCUT2D eigenvalue weighted by Crippen LogP contribution is 2.19. The quantitative estimate of drug-likeness (QED) is 0.935. The molecule has 120 valence electrons. The van der Waals surface area contributed by atoms with Gasteiger partial charge in [0.05, 0.1) is 0 Å². The third-order valence-electron chi connectivity index (χ3n) is 3.93. The summed E-state index contributed by atoms with van der Waals surface area (Å²) in [5.41, 5.74) is 3.13. The lowest BCUT2D eigenvalue weighted by atomic mass is 10.1. The van der Waals surface area contributed by atoms with Gasteiger partial charge in [-0.25, -0.2) is 4.79 Å². The van der Waals surface area contributed by atoms with E-state index in [1.807, 2.05) is 59.3 Å². The van der Waals surface area contributed by atoms with Gasteiger partial charge in [-0.2, -0.15) is 11.8 Å². The van der Waals surface area contributed by atoms with E-state index in [2.05, 4.69) is 16.4 Å². The summed E-state index contributed by atoms with van der Waals surface area (Å²) in [6.07, 6.45) is 3.55. The fourth-order valence-electron chi connectivity index (χ4n) is 2.63. The van der Waals surface area contributed by atoms with Crippen molar-refractivity contribution in [2.75, 3.05) is 29.9 Å². The molecule has 1 fully saturated rings. The van der Waals surface area contributed by atoms with Gasteiger partial charge in [-0.15, -0.1) is 0 Å². The Kier molecular flexibility index (Phi) is 5.53. The highest BCUT2D eigenvalue weighted by Gasteiger charge is 2.17. The van der Waals surface area contributed by atoms with Crippen molar-refractivity contribution >= 4 is 23.5 Å². The van der Waals surface area contributed by atoms with Crippen molar-refractivity contribution in [2.45, 2.75) is 12.8 Å². The zero-order chi connectivity index (χ0) is 15.9. The number of anilines is 1. The minimum Gasteiger partial charge on any atom is -0.323 e. The van der Waals surface area contributed by atoms with Gasteiger partial charge in [0.25, 0.3) is 0 Å². The summed E-state index contributed by atoms with van der Waals surface area (Å²) in [5, 5.41) is 3.07. The van der Waals surface area contributed by atoms with Crippen LogP contribution in [0.25, 0.3) is 0 Å². The van der Waals surface area contributed by atoms with Crippen LogP contribution in [0, 0.1) is 0 Å². The van der Waals surface area contributed by atoms with Gasteiger partial charge in [0, 0.05) is 42.2 Å². The molecule has 2 heterocycles. The molecule has 1 aliphatic rings. The van der Waals surface area contributed by atoms with E-state index in [0.717, 1.165) is 54.4 Å². The molecule has 0 atom stereocenters. The van der Waals surface area contributed by atoms with Crippen molar-refractivity contribution in [1.82, 2.24) is 9.88 Å². The maximum atomic E-state index is 12.4. The average Bonchev–Trinajstić information content (AvgIpc) is 2.62. The molecule has 1 saturated heterocycles. The highest BCUT2D eigenvalue weighted by atomic mass is 32.2. The third kappa shape index (κ3) is 4.48. The molecule has 4 nitrogen and oxygen atoms in total. The lowest BCUT2D eigenvalue weighted by molar-refractivity contribution is 0.217. The monoisotopic (exact) mass is 327 g/mol. The number of rotatable bonds is 4. The summed E-state index contributed by atoms with van der Waals surface area (Å²) in [7, 11) is 0. The molecule has 1 aromatic carbocycles. The minimum atomic E-state index is 0.00980. The van der Waals surface area contributed by atoms with Crippen LogP contribution in [-0.4, -0.2) is 40.5 Å². The average molecular weight is 327 g/mol. The van der Waals surface area contributed by atoms with Crippen LogP contribution in [0.4, 0.5) is 10.5 Å². The van der Waals surface area contributed by atoms with Gasteiger partial charge in [-0.1, -0.05) is 24.3 Å². The summed E-state index contributed by atoms with van der Waals surface area (Å²) in [5.74, 6) is 2.05. The van der Waals surface area contributed by atoms with E-state index in [9.17, 15) is 4.79 Å². The Hall–Kier alpha value is -2.01. The number of aromatic nitrogens is 1. The fourth-order valence-corrected chi connectivity index (χ4v) is 3.53. The highest BCUT2D eigenvalue weighted by molar-refractivity contribution is 7.99. The maximum Gasteiger partial charge on any atom is 0.321 e. The number of pyridine rings is 1. The second-order valence-electron chi connectivity index (χ2n) is 5.51. The largest absolute Gasteiger partial charge is 0.323 e. The molecule has 3 rings (SSSR count). The van der Waals surface area contributed by atoms with E-state index in [4.69, 9.17) is 0 Å². The molecule has 1 aromatic heterocycles. The Bertz CT molecular complexity index is 642. The molecular formula is C18H21N3OS. The van der Waals surface area contributed by atoms with Gasteiger partial charge >= 0.3 is 6.03 Å². The van der Waals surface area contributed by atoms with Crippen LogP contribution in [0.5, 0.6) is 0 Å². The predicted molar refractivity (Wildman–Crippen MR) is 96.0 cm³/mol. The predicted octanol–water partition coefficient (Wildman–Crippen LogP) is 3.45. The van der Waals surface area contributed by atoms with Crippen LogP contribution in [0.15, 0.2) is 48.7 Å². The van der Waals surface area contributed by atoms with Crippen molar-refractivity contribution < 1.29 is 4.79 Å². The molecule has 0 aliphatic carbocycles. The summed E-state index contributed by atoms with van der Waals surface area (Å²) in [6, 6.07) is 14.0. The van der Waals surface area contributed by atoms with Gasteiger partial charge in [-0.3, -0.25) is 4.98 Å². The molecule has 0 unspecified atom stereocenters. The summed E-state index contributed by atoms with van der Waals surface area (Å²) < 4.78 is 0. The Labute approximate surface area is 141 Å². The van der Waals surface area contributed by atoms with Gasteiger partial charge in [-0.05, 0) is 36.6 Å². The van der Waals surface area contributed by atoms with Crippen LogP contribution in [0.1, 0.15) is 11.3 Å². The SMILES string of the molecule is O=C(Nc1ccccc1CCc1ccccn1)N1CCSCC1. The number of hydrogen-bond acceptors (Lipinski definition) is 3. The van der Waals surface area contributed by atoms with Gasteiger partial charge < -0.3 is 10.2 Å². The number of para-hydroxylation sites is 1. The van der Waals surface area contributed by atoms with Gasteiger partial charge in [0.15, 0.2) is 0 Å². The van der Waals surface area contributed by atoms with Gasteiger partial charge in [0.2, 0.25) is 0 Å². The zero-order valence-corrected chi connectivity index (χ0v) is 13.9. The van der Waals surface area contributed by atoms with E-state index >= 15 is 0 Å². The lowest BCUT2D eigenvalue weighted by Crippen LogP contribution is -2.40. The number of aryl methyl sites for hydroxylation is 2. The Morgan fingerprint density at radius 3 is 2.65 bits per heavy atom. The number of carbonyl (C=O) groups is 1. The first kappa shape index (κ1) is 15.9. The molecule has 0 bridgehead atoms. The summed E-state index contributed by atoms with van der Waals surface area (Å²) in [6.45, 7) is 1.65. The third-order valence-corrected chi connectivity index (χ3v) is 4.88. The Balaban J connectivity index is 1.64. The first-order valence-electron chi connectivity index (χ1n) is 7.94. The van der Waals surface area contributed by atoms with Crippen molar-refractivity contribution in [1.29, 1.82) is 0 Å². The minimum absolute atomic E-state index is 0.00980. The number of carbonyl (C=O) groups excluding carboxylic acids is 1. The van der Waals surface area contributed by atoms with E-state index < -0.39 is 0 Å². The lowest BCUT2D eigenvalue weighted by Gasteiger charge is -2.27. The second-order valence-corrected chi connectivity index (χ2v) is 6.73. The molecule has 2 aromatic rings. The van der Waals surface area contributed by atoms with E-state index in [1.54, 1.807) is 0 Å². The molecular weight excluding hydrogens is 306 g/mol. The number of thioether (sulfide) groups is 1. The van der Waals surface area contributed by atoms with Crippen molar-refractivity contribution in [2.24, 2.45) is 0 Å². The molecule has 1 aliphatic heterocycles. The van der Waals surface area contributed by atoms with Crippen LogP contribution in [0.2, 0.25) is 0 Å². The number of hydrogen-bond donors (Lipinski definition) is 1. The van der Waals surface area contributed by atoms with Crippen LogP contribution >= 0.6 is 11.8 Å². The van der Waals surface area contributed by atoms with Crippen LogP contribution in [0.3, 0.4) is 0 Å². The fraction of sp³-hybridized carbons (Fsp3) is 0.333. The van der Waals surface area contributed by atoms with Crippen LogP contribution in [-0.2, 0) is 12.8 Å². The first-order valence-corrected chi connectivity index (χ1v) is 9.10. The van der Waals surface area contributed by atoms with E-state index in [-0.39, 0.29) is 6.03 Å². The molecule has 1 N–H and O–H groups in total. The van der Waals surface area contributed by atoms with Crippen molar-refractivity contribution in [3.8, 4) is 0 Å². The van der Waals surface area contributed by atoms with E-state index in [0.29, 0.717) is 0 Å². The van der Waals surface area contributed by atoms with E-state index in [1.165, 1.54) is 0 Å². The topological polar surface area (TPSA) is 45.2 Å². The summed E-state index contributed by atoms with van der Waals surface area (Å²) >= 11 is 1.90. The zero-order valence-electron chi connectivity index (χ0n) is 13.1. The molecule has 5 heteroatoms. The Morgan fingerprint density at radius 2 is 1.87 bits per heavy atom. The number of nitrogens with zero attached hydrogens (tertiary/aromatic N) is 2. The van der Waals surface area contributed by atoms with Gasteiger partial charge in [0.1, 0.15) is 0 Å². The van der Waals surface area contributed by atoms with Crippen LogP contribution < -0.4 is 5.32 Å². The Morgan fingerprint density at radius 1 is 1.09 bits per heavy atom. The normalized spacial score (nSPS) is 14.5. The molecule has 2 amide bonds. The molecule has 0 saturated carbocycles. The molecule has 23 heavy (non-hydrogen) atoms. The molecule has 0 spiro atoms. The number of urea groups is 1. The summed E-state index contributed by atoms with van der Waals surface area (Å²) in [4.78, 5) is 18.6. The number of nitrogens with one attached hydrogen (secondary N) is 1. The van der Waals surface area contributed by atoms with Crippen molar-refractivity contribution in [3.63, 3.8) is 0 Å². The number of benzene rings is 1. The first-order chi connectivity index (χ1) is 11.3. The smallest absolute Gasteiger partial charge is 0.321 e.